The maximum Gasteiger partial charge on any atom is 0.141 e. The van der Waals surface area contributed by atoms with Gasteiger partial charge in [-0.25, -0.2) is 9.37 Å². The Hall–Kier alpha value is -1.29. The molecule has 1 heterocycles. The molecule has 3 aromatic rings. The summed E-state index contributed by atoms with van der Waals surface area (Å²) in [6, 6.07) is 9.90. The second-order valence-electron chi connectivity index (χ2n) is 4.65. The summed E-state index contributed by atoms with van der Waals surface area (Å²) < 4.78 is 15.2. The summed E-state index contributed by atoms with van der Waals surface area (Å²) in [6.45, 7) is 1.83. The smallest absolute Gasteiger partial charge is 0.141 e. The summed E-state index contributed by atoms with van der Waals surface area (Å²) in [5, 5.41) is 0.328. The molecule has 1 unspecified atom stereocenters. The zero-order chi connectivity index (χ0) is 15.1. The Bertz CT molecular complexity index is 827. The molecule has 0 saturated heterocycles. The minimum absolute atomic E-state index is 0.0523. The molecular weight excluding hydrogens is 334 g/mol. The fraction of sp³-hybridized carbons (Fsp3) is 0.133. The Morgan fingerprint density at radius 3 is 2.57 bits per heavy atom. The summed E-state index contributed by atoms with van der Waals surface area (Å²) in [4.78, 5) is 4.51. The lowest BCUT2D eigenvalue weighted by Gasteiger charge is -2.11. The molecule has 0 radical (unpaired) electrons. The van der Waals surface area contributed by atoms with Crippen molar-refractivity contribution in [2.24, 2.45) is 0 Å². The normalized spacial score (nSPS) is 12.8. The number of benzene rings is 2. The molecule has 3 rings (SSSR count). The van der Waals surface area contributed by atoms with Gasteiger partial charge in [-0.2, -0.15) is 0 Å². The van der Waals surface area contributed by atoms with E-state index < -0.39 is 5.82 Å². The third-order valence-electron chi connectivity index (χ3n) is 3.16. The van der Waals surface area contributed by atoms with Crippen molar-refractivity contribution in [3.05, 3.63) is 58.1 Å². The van der Waals surface area contributed by atoms with E-state index in [-0.39, 0.29) is 10.4 Å². The van der Waals surface area contributed by atoms with Crippen molar-refractivity contribution in [2.45, 2.75) is 12.3 Å². The highest BCUT2D eigenvalue weighted by atomic mass is 35.5. The van der Waals surface area contributed by atoms with Crippen LogP contribution in [0.15, 0.2) is 36.4 Å². The SMILES string of the molecule is CC(Cl)c1nc2cc(Cl)ccc2n1-c1ccc(F)c(Cl)c1. The van der Waals surface area contributed by atoms with Crippen LogP contribution >= 0.6 is 34.8 Å². The number of imidazole rings is 1. The van der Waals surface area contributed by atoms with E-state index in [0.717, 1.165) is 11.0 Å². The van der Waals surface area contributed by atoms with Gasteiger partial charge in [0.2, 0.25) is 0 Å². The quantitative estimate of drug-likeness (QED) is 0.540. The Morgan fingerprint density at radius 1 is 1.14 bits per heavy atom. The van der Waals surface area contributed by atoms with Gasteiger partial charge in [-0.15, -0.1) is 11.6 Å². The van der Waals surface area contributed by atoms with Crippen molar-refractivity contribution < 1.29 is 4.39 Å². The minimum Gasteiger partial charge on any atom is -0.295 e. The van der Waals surface area contributed by atoms with Gasteiger partial charge in [0, 0.05) is 10.7 Å². The molecule has 0 N–H and O–H groups in total. The lowest BCUT2D eigenvalue weighted by atomic mass is 10.2. The predicted molar refractivity (Wildman–Crippen MR) is 85.3 cm³/mol. The summed E-state index contributed by atoms with van der Waals surface area (Å²) in [5.74, 6) is 0.185. The highest BCUT2D eigenvalue weighted by Crippen LogP contribution is 2.30. The number of aromatic nitrogens is 2. The third-order valence-corrected chi connectivity index (χ3v) is 3.88. The van der Waals surface area contributed by atoms with Crippen LogP contribution in [-0.2, 0) is 0 Å². The van der Waals surface area contributed by atoms with E-state index in [1.807, 2.05) is 17.6 Å². The highest BCUT2D eigenvalue weighted by Gasteiger charge is 2.17. The Labute approximate surface area is 136 Å². The maximum absolute atomic E-state index is 13.4. The Balaban J connectivity index is 2.33. The molecule has 2 nitrogen and oxygen atoms in total. The van der Waals surface area contributed by atoms with Crippen LogP contribution < -0.4 is 0 Å². The first-order chi connectivity index (χ1) is 9.97. The summed E-state index contributed by atoms with van der Waals surface area (Å²) >= 11 is 18.1. The van der Waals surface area contributed by atoms with Crippen LogP contribution in [-0.4, -0.2) is 9.55 Å². The standard InChI is InChI=1S/C15H10Cl3FN2/c1-8(16)15-20-13-6-9(17)2-5-14(13)21(15)10-3-4-12(19)11(18)7-10/h2-8H,1H3. The van der Waals surface area contributed by atoms with Gasteiger partial charge < -0.3 is 0 Å². The highest BCUT2D eigenvalue weighted by molar-refractivity contribution is 6.31. The van der Waals surface area contributed by atoms with Crippen LogP contribution in [0.2, 0.25) is 10.0 Å². The number of hydrogen-bond donors (Lipinski definition) is 0. The Kier molecular flexibility index (Phi) is 3.82. The fourth-order valence-electron chi connectivity index (χ4n) is 2.23. The van der Waals surface area contributed by atoms with Crippen LogP contribution in [0.4, 0.5) is 4.39 Å². The second-order valence-corrected chi connectivity index (χ2v) is 6.15. The second kappa shape index (κ2) is 5.48. The van der Waals surface area contributed by atoms with E-state index >= 15 is 0 Å². The van der Waals surface area contributed by atoms with Gasteiger partial charge in [0.1, 0.15) is 11.6 Å². The zero-order valence-electron chi connectivity index (χ0n) is 10.9. The van der Waals surface area contributed by atoms with Crippen LogP contribution in [0.5, 0.6) is 0 Å². The minimum atomic E-state index is -0.464. The van der Waals surface area contributed by atoms with E-state index in [1.165, 1.54) is 6.07 Å². The number of alkyl halides is 1. The molecule has 6 heteroatoms. The van der Waals surface area contributed by atoms with Crippen molar-refractivity contribution >= 4 is 45.8 Å². The van der Waals surface area contributed by atoms with Gasteiger partial charge in [-0.3, -0.25) is 4.57 Å². The fourth-order valence-corrected chi connectivity index (χ4v) is 2.72. The van der Waals surface area contributed by atoms with Crippen LogP contribution in [0.1, 0.15) is 18.1 Å². The van der Waals surface area contributed by atoms with Crippen molar-refractivity contribution in [3.63, 3.8) is 0 Å². The lowest BCUT2D eigenvalue weighted by Crippen LogP contribution is -2.02. The molecule has 1 atom stereocenters. The summed E-state index contributed by atoms with van der Waals surface area (Å²) in [7, 11) is 0. The molecule has 108 valence electrons. The molecule has 0 aliphatic heterocycles. The first-order valence-corrected chi connectivity index (χ1v) is 7.44. The van der Waals surface area contributed by atoms with Crippen LogP contribution in [0.25, 0.3) is 16.7 Å². The first-order valence-electron chi connectivity index (χ1n) is 6.25. The molecule has 0 aliphatic rings. The van der Waals surface area contributed by atoms with E-state index in [9.17, 15) is 4.39 Å². The van der Waals surface area contributed by atoms with Crippen LogP contribution in [0.3, 0.4) is 0 Å². The first kappa shape index (κ1) is 14.6. The molecule has 0 spiro atoms. The molecule has 0 saturated carbocycles. The van der Waals surface area contributed by atoms with Crippen molar-refractivity contribution in [2.75, 3.05) is 0 Å². The molecule has 2 aromatic carbocycles. The van der Waals surface area contributed by atoms with Crippen molar-refractivity contribution in [1.29, 1.82) is 0 Å². The van der Waals surface area contributed by atoms with Crippen LogP contribution in [0, 0.1) is 5.82 Å². The maximum atomic E-state index is 13.4. The third kappa shape index (κ3) is 2.61. The van der Waals surface area contributed by atoms with E-state index in [1.54, 1.807) is 24.3 Å². The number of halogens is 4. The number of rotatable bonds is 2. The largest absolute Gasteiger partial charge is 0.295 e. The average Bonchev–Trinajstić information content (AvgIpc) is 2.80. The van der Waals surface area contributed by atoms with Gasteiger partial charge in [-0.1, -0.05) is 23.2 Å². The van der Waals surface area contributed by atoms with Crippen molar-refractivity contribution in [3.8, 4) is 5.69 Å². The topological polar surface area (TPSA) is 17.8 Å². The molecular formula is C15H10Cl3FN2. The molecule has 21 heavy (non-hydrogen) atoms. The average molecular weight is 344 g/mol. The van der Waals surface area contributed by atoms with Gasteiger partial charge >= 0.3 is 0 Å². The van der Waals surface area contributed by atoms with Crippen molar-refractivity contribution in [1.82, 2.24) is 9.55 Å². The van der Waals surface area contributed by atoms with Gasteiger partial charge in [0.25, 0.3) is 0 Å². The van der Waals surface area contributed by atoms with E-state index in [4.69, 9.17) is 34.8 Å². The number of fused-ring (bicyclic) bond motifs is 1. The van der Waals surface area contributed by atoms with Gasteiger partial charge in [0.15, 0.2) is 0 Å². The lowest BCUT2D eigenvalue weighted by molar-refractivity contribution is 0.627. The molecule has 0 amide bonds. The zero-order valence-corrected chi connectivity index (χ0v) is 13.2. The predicted octanol–water partition coefficient (Wildman–Crippen LogP) is 5.77. The number of nitrogens with zero attached hydrogens (tertiary/aromatic N) is 2. The molecule has 1 aromatic heterocycles. The Morgan fingerprint density at radius 2 is 1.90 bits per heavy atom. The summed E-state index contributed by atoms with van der Waals surface area (Å²) in [6.07, 6.45) is 0. The van der Waals surface area contributed by atoms with E-state index in [2.05, 4.69) is 4.98 Å². The van der Waals surface area contributed by atoms with E-state index in [0.29, 0.717) is 16.5 Å². The summed E-state index contributed by atoms with van der Waals surface area (Å²) in [5.41, 5.74) is 2.27. The van der Waals surface area contributed by atoms with Gasteiger partial charge in [0.05, 0.1) is 21.4 Å². The monoisotopic (exact) mass is 342 g/mol. The molecule has 0 fully saturated rings. The molecule has 0 bridgehead atoms. The van der Waals surface area contributed by atoms with Gasteiger partial charge in [-0.05, 0) is 43.3 Å². The molecule has 0 aliphatic carbocycles. The number of hydrogen-bond acceptors (Lipinski definition) is 1.